The van der Waals surface area contributed by atoms with Crippen LogP contribution in [0.25, 0.3) is 23.1 Å². The zero-order valence-corrected chi connectivity index (χ0v) is 16.9. The maximum absolute atomic E-state index is 12.5. The van der Waals surface area contributed by atoms with Crippen LogP contribution in [-0.4, -0.2) is 27.1 Å². The molecule has 0 aliphatic rings. The summed E-state index contributed by atoms with van der Waals surface area (Å²) in [5.41, 5.74) is 4.86. The molecule has 4 rings (SSSR count). The largest absolute Gasteiger partial charge is 0.355 e. The van der Waals surface area contributed by atoms with Gasteiger partial charge in [0.15, 0.2) is 0 Å². The number of carbonyl (C=O) groups excluding carboxylic acids is 1. The van der Waals surface area contributed by atoms with Crippen molar-refractivity contribution in [3.05, 3.63) is 83.8 Å². The van der Waals surface area contributed by atoms with Gasteiger partial charge in [0.05, 0.1) is 28.2 Å². The number of benzene rings is 2. The van der Waals surface area contributed by atoms with Crippen molar-refractivity contribution in [3.63, 3.8) is 0 Å². The van der Waals surface area contributed by atoms with Crippen LogP contribution in [0.4, 0.5) is 11.4 Å². The maximum Gasteiger partial charge on any atom is 0.253 e. The first kappa shape index (κ1) is 19.4. The molecule has 0 radical (unpaired) electrons. The number of para-hydroxylation sites is 1. The van der Waals surface area contributed by atoms with E-state index in [0.29, 0.717) is 5.56 Å². The number of nitrogens with zero attached hydrogens (tertiary/aromatic N) is 2. The van der Waals surface area contributed by atoms with Crippen LogP contribution >= 0.6 is 0 Å². The molecule has 2 aromatic carbocycles. The summed E-state index contributed by atoms with van der Waals surface area (Å²) >= 11 is 0. The Labute approximate surface area is 175 Å². The Morgan fingerprint density at radius 1 is 1.03 bits per heavy atom. The number of aromatic nitrogens is 3. The van der Waals surface area contributed by atoms with Gasteiger partial charge in [0.1, 0.15) is 0 Å². The third-order valence-electron chi connectivity index (χ3n) is 4.56. The summed E-state index contributed by atoms with van der Waals surface area (Å²) in [5, 5.41) is 14.8. The number of nitrogens with one attached hydrogen (secondary N) is 3. The lowest BCUT2D eigenvalue weighted by molar-refractivity contribution is 0.0944. The molecule has 30 heavy (non-hydrogen) atoms. The lowest BCUT2D eigenvalue weighted by atomic mass is 10.1. The number of amides is 1. The Kier molecular flexibility index (Phi) is 5.57. The normalized spacial score (nSPS) is 11.3. The highest BCUT2D eigenvalue weighted by Gasteiger charge is 2.12. The summed E-state index contributed by atoms with van der Waals surface area (Å²) in [6.45, 7) is 3.89. The fraction of sp³-hybridized carbons (Fsp3) is 0.125. The predicted octanol–water partition coefficient (Wildman–Crippen LogP) is 5.01. The molecule has 0 unspecified atom stereocenters. The molecule has 6 heteroatoms. The van der Waals surface area contributed by atoms with Crippen LogP contribution in [0, 0.1) is 0 Å². The second-order valence-corrected chi connectivity index (χ2v) is 7.26. The number of hydrogen-bond acceptors (Lipinski definition) is 4. The van der Waals surface area contributed by atoms with Gasteiger partial charge in [-0.3, -0.25) is 14.9 Å². The minimum atomic E-state index is -0.0994. The lowest BCUT2D eigenvalue weighted by Crippen LogP contribution is -2.30. The zero-order valence-electron chi connectivity index (χ0n) is 16.9. The van der Waals surface area contributed by atoms with Crippen LogP contribution in [-0.2, 0) is 0 Å². The number of hydrogen-bond donors (Lipinski definition) is 3. The van der Waals surface area contributed by atoms with Gasteiger partial charge in [0.2, 0.25) is 0 Å². The summed E-state index contributed by atoms with van der Waals surface area (Å²) in [7, 11) is 0. The van der Waals surface area contributed by atoms with E-state index in [0.717, 1.165) is 33.7 Å². The fourth-order valence-corrected chi connectivity index (χ4v) is 3.17. The third kappa shape index (κ3) is 4.38. The van der Waals surface area contributed by atoms with Gasteiger partial charge in [-0.1, -0.05) is 18.2 Å². The Balaban J connectivity index is 1.57. The van der Waals surface area contributed by atoms with Crippen molar-refractivity contribution in [2.24, 2.45) is 0 Å². The lowest BCUT2D eigenvalue weighted by Gasteiger charge is -2.14. The molecule has 1 amide bonds. The average Bonchev–Trinajstić information content (AvgIpc) is 3.15. The van der Waals surface area contributed by atoms with E-state index >= 15 is 0 Å². The second-order valence-electron chi connectivity index (χ2n) is 7.26. The van der Waals surface area contributed by atoms with Crippen LogP contribution in [0.3, 0.4) is 0 Å². The van der Waals surface area contributed by atoms with Crippen molar-refractivity contribution in [3.8, 4) is 0 Å². The molecule has 0 saturated heterocycles. The molecule has 2 heterocycles. The summed E-state index contributed by atoms with van der Waals surface area (Å²) in [5.74, 6) is -0.0994. The number of rotatable bonds is 6. The predicted molar refractivity (Wildman–Crippen MR) is 122 cm³/mol. The van der Waals surface area contributed by atoms with Gasteiger partial charge in [-0.25, -0.2) is 0 Å². The van der Waals surface area contributed by atoms with Gasteiger partial charge in [-0.15, -0.1) is 0 Å². The van der Waals surface area contributed by atoms with Crippen molar-refractivity contribution < 1.29 is 4.79 Å². The third-order valence-corrected chi connectivity index (χ3v) is 4.56. The van der Waals surface area contributed by atoms with Gasteiger partial charge >= 0.3 is 0 Å². The van der Waals surface area contributed by atoms with Gasteiger partial charge in [0.25, 0.3) is 5.91 Å². The van der Waals surface area contributed by atoms with Crippen LogP contribution in [0.1, 0.15) is 35.6 Å². The zero-order chi connectivity index (χ0) is 20.9. The first-order valence-electron chi connectivity index (χ1n) is 9.84. The summed E-state index contributed by atoms with van der Waals surface area (Å²) in [6.07, 6.45) is 5.64. The molecule has 0 saturated carbocycles. The van der Waals surface area contributed by atoms with Crippen molar-refractivity contribution in [1.82, 2.24) is 20.5 Å². The van der Waals surface area contributed by atoms with Crippen molar-refractivity contribution >= 4 is 40.3 Å². The fourth-order valence-electron chi connectivity index (χ4n) is 3.17. The number of carbonyl (C=O) groups is 1. The molecule has 150 valence electrons. The monoisotopic (exact) mass is 397 g/mol. The number of pyridine rings is 1. The molecule has 0 aliphatic carbocycles. The van der Waals surface area contributed by atoms with Crippen LogP contribution in [0.15, 0.2) is 66.9 Å². The molecular weight excluding hydrogens is 374 g/mol. The van der Waals surface area contributed by atoms with Gasteiger partial charge in [-0.2, -0.15) is 5.10 Å². The smallest absolute Gasteiger partial charge is 0.253 e. The molecule has 3 N–H and O–H groups in total. The Hall–Kier alpha value is -3.93. The number of anilines is 2. The van der Waals surface area contributed by atoms with Gasteiger partial charge in [0, 0.05) is 23.3 Å². The minimum absolute atomic E-state index is 0.0736. The summed E-state index contributed by atoms with van der Waals surface area (Å²) < 4.78 is 0. The highest BCUT2D eigenvalue weighted by molar-refractivity contribution is 6.00. The Morgan fingerprint density at radius 2 is 1.87 bits per heavy atom. The molecular formula is C24H23N5O. The molecule has 0 bridgehead atoms. The standard InChI is InChI=1S/C24H23N5O/c1-16(2)26-24(30)20-8-3-4-9-21(20)27-18-10-12-19-22(28-29-23(19)15-18)13-11-17-7-5-6-14-25-17/h3-16,27H,1-2H3,(H,26,30)(H,28,29)/b13-11+. The average molecular weight is 397 g/mol. The summed E-state index contributed by atoms with van der Waals surface area (Å²) in [6, 6.07) is 19.3. The van der Waals surface area contributed by atoms with Crippen LogP contribution < -0.4 is 10.6 Å². The quantitative estimate of drug-likeness (QED) is 0.427. The van der Waals surface area contributed by atoms with E-state index in [1.165, 1.54) is 0 Å². The molecule has 0 spiro atoms. The minimum Gasteiger partial charge on any atom is -0.355 e. The van der Waals surface area contributed by atoms with Crippen molar-refractivity contribution in [1.29, 1.82) is 0 Å². The van der Waals surface area contributed by atoms with E-state index in [9.17, 15) is 4.79 Å². The highest BCUT2D eigenvalue weighted by Crippen LogP contribution is 2.26. The van der Waals surface area contributed by atoms with Gasteiger partial charge < -0.3 is 10.6 Å². The van der Waals surface area contributed by atoms with Crippen LogP contribution in [0.5, 0.6) is 0 Å². The highest BCUT2D eigenvalue weighted by atomic mass is 16.1. The number of fused-ring (bicyclic) bond motifs is 1. The SMILES string of the molecule is CC(C)NC(=O)c1ccccc1Nc1ccc2c(/C=C/c3ccccn3)n[nH]c2c1. The first-order chi connectivity index (χ1) is 14.6. The van der Waals surface area contributed by atoms with Crippen molar-refractivity contribution in [2.75, 3.05) is 5.32 Å². The van der Waals surface area contributed by atoms with Crippen molar-refractivity contribution in [2.45, 2.75) is 19.9 Å². The molecule has 6 nitrogen and oxygen atoms in total. The maximum atomic E-state index is 12.5. The Bertz CT molecular complexity index is 1190. The first-order valence-corrected chi connectivity index (χ1v) is 9.84. The number of aromatic amines is 1. The molecule has 4 aromatic rings. The summed E-state index contributed by atoms with van der Waals surface area (Å²) in [4.78, 5) is 16.8. The van der Waals surface area contributed by atoms with E-state index in [1.807, 2.05) is 86.7 Å². The Morgan fingerprint density at radius 3 is 2.67 bits per heavy atom. The molecule has 0 aliphatic heterocycles. The van der Waals surface area contributed by atoms with Crippen LogP contribution in [0.2, 0.25) is 0 Å². The second kappa shape index (κ2) is 8.61. The van der Waals surface area contributed by atoms with E-state index in [4.69, 9.17) is 0 Å². The van der Waals surface area contributed by atoms with E-state index in [1.54, 1.807) is 6.20 Å². The molecule has 0 atom stereocenters. The number of H-pyrrole nitrogens is 1. The molecule has 0 fully saturated rings. The topological polar surface area (TPSA) is 82.7 Å². The van der Waals surface area contributed by atoms with Gasteiger partial charge in [-0.05, 0) is 68.5 Å². The van der Waals surface area contributed by atoms with E-state index in [2.05, 4.69) is 25.8 Å². The molecule has 2 aromatic heterocycles. The van der Waals surface area contributed by atoms with E-state index < -0.39 is 0 Å². The van der Waals surface area contributed by atoms with E-state index in [-0.39, 0.29) is 11.9 Å².